The average molecular weight is 236 g/mol. The van der Waals surface area contributed by atoms with Gasteiger partial charge >= 0.3 is 0 Å². The van der Waals surface area contributed by atoms with E-state index in [9.17, 15) is 0 Å². The summed E-state index contributed by atoms with van der Waals surface area (Å²) >= 11 is 0. The van der Waals surface area contributed by atoms with Gasteiger partial charge in [0, 0.05) is 0 Å². The van der Waals surface area contributed by atoms with Crippen LogP contribution >= 0.6 is 0 Å². The molecule has 2 aromatic rings. The van der Waals surface area contributed by atoms with Crippen molar-refractivity contribution in [3.8, 4) is 0 Å². The van der Waals surface area contributed by atoms with E-state index in [1.807, 2.05) is 6.07 Å². The van der Waals surface area contributed by atoms with Crippen molar-refractivity contribution in [1.82, 2.24) is 0 Å². The Balaban J connectivity index is 2.19. The van der Waals surface area contributed by atoms with Crippen LogP contribution in [0.3, 0.4) is 0 Å². The fraction of sp³-hybridized carbons (Fsp3) is 0.222. The Bertz CT molecular complexity index is 506. The van der Waals surface area contributed by atoms with E-state index in [-0.39, 0.29) is 5.41 Å². The van der Waals surface area contributed by atoms with Gasteiger partial charge in [0.05, 0.1) is 0 Å². The lowest BCUT2D eigenvalue weighted by atomic mass is 9.76. The molecule has 0 nitrogen and oxygen atoms in total. The topological polar surface area (TPSA) is 0 Å². The predicted octanol–water partition coefficient (Wildman–Crippen LogP) is 4.97. The summed E-state index contributed by atoms with van der Waals surface area (Å²) in [5.41, 5.74) is 3.87. The molecule has 0 heteroatoms. The van der Waals surface area contributed by atoms with Crippen LogP contribution < -0.4 is 0 Å². The highest BCUT2D eigenvalue weighted by Gasteiger charge is 2.23. The second kappa shape index (κ2) is 5.22. The summed E-state index contributed by atoms with van der Waals surface area (Å²) in [5, 5.41) is 0. The van der Waals surface area contributed by atoms with Gasteiger partial charge in [0.25, 0.3) is 0 Å². The highest BCUT2D eigenvalue weighted by Crippen LogP contribution is 2.36. The second-order valence-electron chi connectivity index (χ2n) is 5.39. The van der Waals surface area contributed by atoms with Crippen LogP contribution in [0.4, 0.5) is 0 Å². The van der Waals surface area contributed by atoms with Crippen LogP contribution in [0.5, 0.6) is 0 Å². The lowest BCUT2D eigenvalue weighted by molar-refractivity contribution is 0.499. The van der Waals surface area contributed by atoms with Crippen LogP contribution in [0.1, 0.15) is 25.0 Å². The molecule has 92 valence electrons. The minimum absolute atomic E-state index is 0.0721. The van der Waals surface area contributed by atoms with Crippen molar-refractivity contribution < 1.29 is 0 Å². The molecule has 0 unspecified atom stereocenters. The Kier molecular flexibility index (Phi) is 3.66. The van der Waals surface area contributed by atoms with Gasteiger partial charge in [0.15, 0.2) is 0 Å². The second-order valence-corrected chi connectivity index (χ2v) is 5.39. The van der Waals surface area contributed by atoms with Crippen LogP contribution in [-0.4, -0.2) is 0 Å². The van der Waals surface area contributed by atoms with Crippen molar-refractivity contribution in [1.29, 1.82) is 0 Å². The monoisotopic (exact) mass is 236 g/mol. The first-order valence-corrected chi connectivity index (χ1v) is 6.38. The van der Waals surface area contributed by atoms with Gasteiger partial charge in [-0.1, -0.05) is 81.1 Å². The van der Waals surface area contributed by atoms with Gasteiger partial charge in [0.2, 0.25) is 0 Å². The zero-order chi connectivity index (χ0) is 13.0. The molecule has 0 aromatic heterocycles. The molecular weight excluding hydrogens is 216 g/mol. The Labute approximate surface area is 110 Å². The van der Waals surface area contributed by atoms with Crippen molar-refractivity contribution >= 4 is 5.57 Å². The summed E-state index contributed by atoms with van der Waals surface area (Å²) < 4.78 is 0. The Morgan fingerprint density at radius 3 is 1.94 bits per heavy atom. The van der Waals surface area contributed by atoms with Gasteiger partial charge in [-0.25, -0.2) is 0 Å². The fourth-order valence-electron chi connectivity index (χ4n) is 2.24. The third-order valence-corrected chi connectivity index (χ3v) is 3.43. The SMILES string of the molecule is C=C(c1ccccc1)C(C)(C)Cc1ccccc1. The molecule has 0 fully saturated rings. The van der Waals surface area contributed by atoms with Crippen molar-refractivity contribution in [2.75, 3.05) is 0 Å². The molecule has 18 heavy (non-hydrogen) atoms. The molecule has 0 radical (unpaired) electrons. The van der Waals surface area contributed by atoms with Crippen LogP contribution in [0.25, 0.3) is 5.57 Å². The Morgan fingerprint density at radius 2 is 1.39 bits per heavy atom. The lowest BCUT2D eigenvalue weighted by Crippen LogP contribution is -2.16. The smallest absolute Gasteiger partial charge is 0.00631 e. The summed E-state index contributed by atoms with van der Waals surface area (Å²) in [7, 11) is 0. The van der Waals surface area contributed by atoms with Crippen LogP contribution in [0.15, 0.2) is 67.2 Å². The number of hydrogen-bond donors (Lipinski definition) is 0. The predicted molar refractivity (Wildman–Crippen MR) is 79.4 cm³/mol. The van der Waals surface area contributed by atoms with Gasteiger partial charge < -0.3 is 0 Å². The molecule has 0 aliphatic rings. The van der Waals surface area contributed by atoms with Gasteiger partial charge in [0.1, 0.15) is 0 Å². The van der Waals surface area contributed by atoms with Crippen LogP contribution in [0, 0.1) is 5.41 Å². The molecule has 2 aromatic carbocycles. The van der Waals surface area contributed by atoms with E-state index in [0.717, 1.165) is 6.42 Å². The van der Waals surface area contributed by atoms with Crippen molar-refractivity contribution in [3.05, 3.63) is 78.4 Å². The van der Waals surface area contributed by atoms with E-state index < -0.39 is 0 Å². The first kappa shape index (κ1) is 12.6. The average Bonchev–Trinajstić information content (AvgIpc) is 2.39. The summed E-state index contributed by atoms with van der Waals surface area (Å²) in [6.07, 6.45) is 1.02. The maximum atomic E-state index is 4.29. The van der Waals surface area contributed by atoms with Gasteiger partial charge in [-0.15, -0.1) is 0 Å². The van der Waals surface area contributed by atoms with E-state index >= 15 is 0 Å². The summed E-state index contributed by atoms with van der Waals surface area (Å²) in [5.74, 6) is 0. The van der Waals surface area contributed by atoms with E-state index in [1.54, 1.807) is 0 Å². The summed E-state index contributed by atoms with van der Waals surface area (Å²) in [6, 6.07) is 21.1. The molecule has 0 amide bonds. The highest BCUT2D eigenvalue weighted by molar-refractivity contribution is 5.67. The minimum atomic E-state index is 0.0721. The molecule has 0 atom stereocenters. The largest absolute Gasteiger partial charge is 0.0947 e. The van der Waals surface area contributed by atoms with Gasteiger partial charge in [-0.05, 0) is 28.5 Å². The molecule has 0 bridgehead atoms. The molecule has 2 rings (SSSR count). The van der Waals surface area contributed by atoms with E-state index in [2.05, 4.69) is 75.0 Å². The van der Waals surface area contributed by atoms with Gasteiger partial charge in [-0.3, -0.25) is 0 Å². The maximum absolute atomic E-state index is 4.29. The number of rotatable bonds is 4. The van der Waals surface area contributed by atoms with Crippen molar-refractivity contribution in [3.63, 3.8) is 0 Å². The maximum Gasteiger partial charge on any atom is -0.00631 e. The van der Waals surface area contributed by atoms with E-state index in [0.29, 0.717) is 0 Å². The molecule has 0 aliphatic heterocycles. The summed E-state index contributed by atoms with van der Waals surface area (Å²) in [4.78, 5) is 0. The quantitative estimate of drug-likeness (QED) is 0.703. The molecule has 0 saturated heterocycles. The number of allylic oxidation sites excluding steroid dienone is 1. The molecule has 0 heterocycles. The summed E-state index contributed by atoms with van der Waals surface area (Å²) in [6.45, 7) is 8.81. The van der Waals surface area contributed by atoms with Crippen molar-refractivity contribution in [2.24, 2.45) is 5.41 Å². The lowest BCUT2D eigenvalue weighted by Gasteiger charge is -2.28. The highest BCUT2D eigenvalue weighted by atomic mass is 14.3. The molecule has 0 aliphatic carbocycles. The third-order valence-electron chi connectivity index (χ3n) is 3.43. The number of hydrogen-bond acceptors (Lipinski definition) is 0. The van der Waals surface area contributed by atoms with Crippen LogP contribution in [0.2, 0.25) is 0 Å². The molecular formula is C18H20. The normalized spacial score (nSPS) is 11.2. The minimum Gasteiger partial charge on any atom is -0.0947 e. The van der Waals surface area contributed by atoms with Gasteiger partial charge in [-0.2, -0.15) is 0 Å². The third kappa shape index (κ3) is 2.89. The Hall–Kier alpha value is -1.82. The fourth-order valence-corrected chi connectivity index (χ4v) is 2.24. The van der Waals surface area contributed by atoms with E-state index in [1.165, 1.54) is 16.7 Å². The van der Waals surface area contributed by atoms with E-state index in [4.69, 9.17) is 0 Å². The first-order chi connectivity index (χ1) is 8.59. The van der Waals surface area contributed by atoms with Crippen molar-refractivity contribution in [2.45, 2.75) is 20.3 Å². The molecule has 0 saturated carbocycles. The van der Waals surface area contributed by atoms with Crippen LogP contribution in [-0.2, 0) is 6.42 Å². The standard InChI is InChI=1S/C18H20/c1-15(17-12-8-5-9-13-17)18(2,3)14-16-10-6-4-7-11-16/h4-13H,1,14H2,2-3H3. The molecule has 0 N–H and O–H groups in total. The number of benzene rings is 2. The zero-order valence-corrected chi connectivity index (χ0v) is 11.2. The zero-order valence-electron chi connectivity index (χ0n) is 11.2. The molecule has 0 spiro atoms. The Morgan fingerprint density at radius 1 is 0.889 bits per heavy atom. The first-order valence-electron chi connectivity index (χ1n) is 6.38.